The van der Waals surface area contributed by atoms with Crippen molar-refractivity contribution in [2.24, 2.45) is 0 Å². The maximum atomic E-state index is 3.68. The van der Waals surface area contributed by atoms with Crippen LogP contribution in [-0.4, -0.2) is 9.55 Å². The first-order chi connectivity index (χ1) is 13.9. The van der Waals surface area contributed by atoms with Gasteiger partial charge in [0.25, 0.3) is 0 Å². The number of hydrogen-bond donors (Lipinski definition) is 1. The van der Waals surface area contributed by atoms with E-state index in [0.29, 0.717) is 0 Å². The van der Waals surface area contributed by atoms with E-state index >= 15 is 0 Å². The molecular weight excluding hydrogens is 340 g/mol. The fourth-order valence-electron chi connectivity index (χ4n) is 4.27. The minimum absolute atomic E-state index is 1.17. The van der Waals surface area contributed by atoms with Gasteiger partial charge in [0.1, 0.15) is 0 Å². The molecule has 0 fully saturated rings. The lowest BCUT2D eigenvalue weighted by Gasteiger charge is -2.06. The Bertz CT molecular complexity index is 1440. The lowest BCUT2D eigenvalue weighted by molar-refractivity contribution is 1.13. The van der Waals surface area contributed by atoms with Crippen LogP contribution in [-0.2, 0) is 0 Å². The van der Waals surface area contributed by atoms with Gasteiger partial charge in [-0.25, -0.2) is 0 Å². The molecule has 6 rings (SSSR count). The van der Waals surface area contributed by atoms with Crippen LogP contribution in [0, 0.1) is 0 Å². The monoisotopic (exact) mass is 358 g/mol. The fourth-order valence-corrected chi connectivity index (χ4v) is 4.27. The molecule has 1 N–H and O–H groups in total. The second-order valence-corrected chi connectivity index (χ2v) is 7.17. The lowest BCUT2D eigenvalue weighted by Crippen LogP contribution is -1.91. The molecule has 2 heterocycles. The second kappa shape index (κ2) is 5.86. The largest absolute Gasteiger partial charge is 0.353 e. The van der Waals surface area contributed by atoms with Crippen molar-refractivity contribution >= 4 is 32.7 Å². The number of hydrogen-bond acceptors (Lipinski definition) is 0. The molecule has 0 atom stereocenters. The van der Waals surface area contributed by atoms with E-state index in [9.17, 15) is 0 Å². The van der Waals surface area contributed by atoms with E-state index in [1.54, 1.807) is 0 Å². The summed E-state index contributed by atoms with van der Waals surface area (Å²) in [7, 11) is 0. The number of rotatable bonds is 2. The molecule has 0 bridgehead atoms. The molecule has 4 aromatic carbocycles. The van der Waals surface area contributed by atoms with Crippen molar-refractivity contribution < 1.29 is 0 Å². The molecule has 0 unspecified atom stereocenters. The summed E-state index contributed by atoms with van der Waals surface area (Å²) in [5.74, 6) is 0. The van der Waals surface area contributed by atoms with Gasteiger partial charge in [-0.3, -0.25) is 0 Å². The molecule has 0 radical (unpaired) electrons. The van der Waals surface area contributed by atoms with Crippen molar-refractivity contribution in [3.63, 3.8) is 0 Å². The summed E-state index contributed by atoms with van der Waals surface area (Å²) in [5, 5.41) is 3.79. The van der Waals surface area contributed by atoms with Gasteiger partial charge in [-0.1, -0.05) is 78.9 Å². The van der Waals surface area contributed by atoms with E-state index in [-0.39, 0.29) is 0 Å². The van der Waals surface area contributed by atoms with E-state index in [1.165, 1.54) is 49.5 Å². The molecule has 0 aliphatic rings. The van der Waals surface area contributed by atoms with Crippen LogP contribution in [0.2, 0.25) is 0 Å². The van der Waals surface area contributed by atoms with Gasteiger partial charge in [0.05, 0.1) is 11.0 Å². The van der Waals surface area contributed by atoms with Crippen LogP contribution < -0.4 is 0 Å². The average molecular weight is 358 g/mol. The normalized spacial score (nSPS) is 11.6. The minimum Gasteiger partial charge on any atom is -0.353 e. The van der Waals surface area contributed by atoms with Crippen molar-refractivity contribution in [1.82, 2.24) is 9.55 Å². The first-order valence-corrected chi connectivity index (χ1v) is 9.55. The van der Waals surface area contributed by atoms with Gasteiger partial charge in [0.15, 0.2) is 0 Å². The van der Waals surface area contributed by atoms with Crippen molar-refractivity contribution in [3.8, 4) is 16.8 Å². The van der Waals surface area contributed by atoms with Gasteiger partial charge in [0.2, 0.25) is 0 Å². The third kappa shape index (κ3) is 2.15. The van der Waals surface area contributed by atoms with Crippen molar-refractivity contribution in [2.75, 3.05) is 0 Å². The number of para-hydroxylation sites is 2. The summed E-state index contributed by atoms with van der Waals surface area (Å²) in [5.41, 5.74) is 7.23. The number of nitrogens with zero attached hydrogens (tertiary/aromatic N) is 1. The Hall–Kier alpha value is -3.78. The molecular formula is C26H18N2. The van der Waals surface area contributed by atoms with Gasteiger partial charge in [-0.15, -0.1) is 0 Å². The van der Waals surface area contributed by atoms with Gasteiger partial charge in [0, 0.05) is 39.1 Å². The van der Waals surface area contributed by atoms with Crippen LogP contribution in [0.25, 0.3) is 49.5 Å². The first-order valence-electron chi connectivity index (χ1n) is 9.55. The highest BCUT2D eigenvalue weighted by atomic mass is 15.0. The highest BCUT2D eigenvalue weighted by Gasteiger charge is 2.16. The Kier molecular flexibility index (Phi) is 3.20. The summed E-state index contributed by atoms with van der Waals surface area (Å²) < 4.78 is 2.31. The zero-order valence-electron chi connectivity index (χ0n) is 15.3. The molecule has 132 valence electrons. The Morgan fingerprint density at radius 1 is 0.571 bits per heavy atom. The standard InChI is InChI=1S/C26H18N2/c1-3-9-18(10-4-1)23-17-28(19-11-5-2-6-12-19)26-22(23)16-15-21-20-13-7-8-14-24(20)27-25(21)26/h1-17,27H. The van der Waals surface area contributed by atoms with E-state index in [2.05, 4.69) is 113 Å². The van der Waals surface area contributed by atoms with Gasteiger partial charge < -0.3 is 9.55 Å². The number of H-pyrrole nitrogens is 1. The predicted molar refractivity (Wildman–Crippen MR) is 118 cm³/mol. The zero-order chi connectivity index (χ0) is 18.5. The zero-order valence-corrected chi connectivity index (χ0v) is 15.3. The van der Waals surface area contributed by atoms with Crippen LogP contribution in [0.5, 0.6) is 0 Å². The van der Waals surface area contributed by atoms with Crippen LogP contribution in [0.15, 0.2) is 103 Å². The molecule has 0 saturated heterocycles. The van der Waals surface area contributed by atoms with Gasteiger partial charge >= 0.3 is 0 Å². The SMILES string of the molecule is c1ccc(-c2cn(-c3ccccc3)c3c2ccc2c4ccccc4[nH]c23)cc1. The Morgan fingerprint density at radius 3 is 2.07 bits per heavy atom. The summed E-state index contributed by atoms with van der Waals surface area (Å²) in [6.45, 7) is 0. The summed E-state index contributed by atoms with van der Waals surface area (Å²) in [6.07, 6.45) is 2.26. The molecule has 0 amide bonds. The average Bonchev–Trinajstić information content (AvgIpc) is 3.34. The third-order valence-electron chi connectivity index (χ3n) is 5.56. The number of aromatic nitrogens is 2. The molecule has 0 aliphatic heterocycles. The van der Waals surface area contributed by atoms with E-state index in [4.69, 9.17) is 0 Å². The Labute approximate surface area is 162 Å². The van der Waals surface area contributed by atoms with Gasteiger partial charge in [-0.2, -0.15) is 0 Å². The minimum atomic E-state index is 1.17. The maximum Gasteiger partial charge on any atom is 0.0778 e. The Morgan fingerprint density at radius 2 is 1.25 bits per heavy atom. The third-order valence-corrected chi connectivity index (χ3v) is 5.56. The van der Waals surface area contributed by atoms with E-state index in [0.717, 1.165) is 0 Å². The van der Waals surface area contributed by atoms with Gasteiger partial charge in [-0.05, 0) is 23.8 Å². The fraction of sp³-hybridized carbons (Fsp3) is 0. The molecule has 2 nitrogen and oxygen atoms in total. The van der Waals surface area contributed by atoms with E-state index < -0.39 is 0 Å². The topological polar surface area (TPSA) is 20.7 Å². The summed E-state index contributed by atoms with van der Waals surface area (Å²) >= 11 is 0. The van der Waals surface area contributed by atoms with Crippen LogP contribution in [0.4, 0.5) is 0 Å². The van der Waals surface area contributed by atoms with Crippen LogP contribution in [0.3, 0.4) is 0 Å². The number of aromatic amines is 1. The molecule has 0 spiro atoms. The maximum absolute atomic E-state index is 3.68. The van der Waals surface area contributed by atoms with Crippen molar-refractivity contribution in [1.29, 1.82) is 0 Å². The molecule has 6 aromatic rings. The van der Waals surface area contributed by atoms with E-state index in [1.807, 2.05) is 0 Å². The highest BCUT2D eigenvalue weighted by molar-refractivity contribution is 6.18. The molecule has 28 heavy (non-hydrogen) atoms. The smallest absolute Gasteiger partial charge is 0.0778 e. The molecule has 0 saturated carbocycles. The summed E-state index contributed by atoms with van der Waals surface area (Å²) in [4.78, 5) is 3.68. The van der Waals surface area contributed by atoms with Crippen molar-refractivity contribution in [2.45, 2.75) is 0 Å². The molecule has 2 heteroatoms. The quantitative estimate of drug-likeness (QED) is 0.346. The molecule has 0 aliphatic carbocycles. The predicted octanol–water partition coefficient (Wildman–Crippen LogP) is 6.93. The molecule has 2 aromatic heterocycles. The highest BCUT2D eigenvalue weighted by Crippen LogP contribution is 2.38. The number of benzene rings is 4. The second-order valence-electron chi connectivity index (χ2n) is 7.17. The van der Waals surface area contributed by atoms with Crippen LogP contribution in [0.1, 0.15) is 0 Å². The van der Waals surface area contributed by atoms with Crippen molar-refractivity contribution in [3.05, 3.63) is 103 Å². The van der Waals surface area contributed by atoms with Crippen LogP contribution >= 0.6 is 0 Å². The summed E-state index contributed by atoms with van der Waals surface area (Å²) in [6, 6.07) is 34.2. The lowest BCUT2D eigenvalue weighted by atomic mass is 10.0. The number of fused-ring (bicyclic) bond motifs is 5. The number of nitrogens with one attached hydrogen (secondary N) is 1. The first kappa shape index (κ1) is 15.3. The Balaban J connectivity index is 1.80.